The van der Waals surface area contributed by atoms with E-state index in [1.807, 2.05) is 0 Å². The minimum absolute atomic E-state index is 0.240. The molecule has 100 valence electrons. The second kappa shape index (κ2) is 5.44. The van der Waals surface area contributed by atoms with Crippen molar-refractivity contribution < 1.29 is 0 Å². The van der Waals surface area contributed by atoms with E-state index in [9.17, 15) is 0 Å². The smallest absolute Gasteiger partial charge is 0.0437 e. The summed E-state index contributed by atoms with van der Waals surface area (Å²) < 4.78 is 0. The fourth-order valence-corrected chi connectivity index (χ4v) is 3.23. The Kier molecular flexibility index (Phi) is 4.11. The summed E-state index contributed by atoms with van der Waals surface area (Å²) in [6, 6.07) is 9.30. The van der Waals surface area contributed by atoms with E-state index in [1.165, 1.54) is 36.9 Å². The van der Waals surface area contributed by atoms with Crippen LogP contribution in [0, 0.1) is 5.92 Å². The molecule has 1 unspecified atom stereocenters. The molecule has 1 aromatic rings. The lowest BCUT2D eigenvalue weighted by Gasteiger charge is -2.32. The van der Waals surface area contributed by atoms with Gasteiger partial charge in [-0.3, -0.25) is 0 Å². The molecule has 1 N–H and O–H groups in total. The average Bonchev–Trinajstić information content (AvgIpc) is 2.78. The third-order valence-corrected chi connectivity index (χ3v) is 4.13. The van der Waals surface area contributed by atoms with Gasteiger partial charge in [-0.2, -0.15) is 0 Å². The van der Waals surface area contributed by atoms with Crippen molar-refractivity contribution in [2.75, 3.05) is 6.54 Å². The van der Waals surface area contributed by atoms with Gasteiger partial charge in [0, 0.05) is 5.54 Å². The molecular weight excluding hydrogens is 218 g/mol. The van der Waals surface area contributed by atoms with Gasteiger partial charge in [-0.25, -0.2) is 0 Å². The first-order chi connectivity index (χ1) is 8.53. The highest BCUT2D eigenvalue weighted by molar-refractivity contribution is 5.31. The zero-order valence-electron chi connectivity index (χ0n) is 12.3. The van der Waals surface area contributed by atoms with Crippen molar-refractivity contribution in [2.45, 2.75) is 58.4 Å². The van der Waals surface area contributed by atoms with E-state index in [0.29, 0.717) is 5.92 Å². The lowest BCUT2D eigenvalue weighted by atomic mass is 9.80. The fourth-order valence-electron chi connectivity index (χ4n) is 3.23. The zero-order valence-corrected chi connectivity index (χ0v) is 12.3. The van der Waals surface area contributed by atoms with Crippen LogP contribution >= 0.6 is 0 Å². The van der Waals surface area contributed by atoms with Gasteiger partial charge in [0.2, 0.25) is 0 Å². The lowest BCUT2D eigenvalue weighted by molar-refractivity contribution is 0.311. The molecule has 1 heteroatoms. The van der Waals surface area contributed by atoms with Crippen LogP contribution in [0.1, 0.15) is 64.0 Å². The first kappa shape index (κ1) is 13.6. The molecule has 0 spiro atoms. The Morgan fingerprint density at radius 2 is 1.78 bits per heavy atom. The normalized spacial score (nSPS) is 24.1. The van der Waals surface area contributed by atoms with Crippen LogP contribution in [0.5, 0.6) is 0 Å². The molecule has 1 nitrogen and oxygen atoms in total. The van der Waals surface area contributed by atoms with Gasteiger partial charge in [-0.1, -0.05) is 52.0 Å². The van der Waals surface area contributed by atoms with Crippen LogP contribution in [-0.2, 0) is 5.54 Å². The van der Waals surface area contributed by atoms with Gasteiger partial charge in [0.1, 0.15) is 0 Å². The van der Waals surface area contributed by atoms with Gasteiger partial charge in [-0.15, -0.1) is 0 Å². The van der Waals surface area contributed by atoms with Crippen LogP contribution in [-0.4, -0.2) is 6.54 Å². The number of benzene rings is 1. The van der Waals surface area contributed by atoms with Crippen LogP contribution in [0.4, 0.5) is 0 Å². The summed E-state index contributed by atoms with van der Waals surface area (Å²) in [5.41, 5.74) is 3.17. The van der Waals surface area contributed by atoms with Gasteiger partial charge in [0.05, 0.1) is 0 Å². The van der Waals surface area contributed by atoms with Crippen molar-refractivity contribution >= 4 is 0 Å². The van der Waals surface area contributed by atoms with Crippen molar-refractivity contribution in [1.82, 2.24) is 5.32 Å². The van der Waals surface area contributed by atoms with Crippen molar-refractivity contribution in [1.29, 1.82) is 0 Å². The predicted molar refractivity (Wildman–Crippen MR) is 78.9 cm³/mol. The minimum Gasteiger partial charge on any atom is -0.307 e. The fraction of sp³-hybridized carbons (Fsp3) is 0.647. The third-order valence-electron chi connectivity index (χ3n) is 4.13. The molecule has 18 heavy (non-hydrogen) atoms. The molecule has 0 aliphatic carbocycles. The first-order valence-corrected chi connectivity index (χ1v) is 7.39. The molecule has 1 saturated heterocycles. The Hall–Kier alpha value is -0.820. The molecule has 1 aliphatic rings. The molecule has 0 saturated carbocycles. The predicted octanol–water partition coefficient (Wildman–Crippen LogP) is 4.43. The SMILES string of the molecule is CC(C)CC1(c2ccc(C(C)C)cc2)CCCN1. The quantitative estimate of drug-likeness (QED) is 0.827. The largest absolute Gasteiger partial charge is 0.307 e. The molecule has 1 aromatic carbocycles. The van der Waals surface area contributed by atoms with E-state index in [4.69, 9.17) is 0 Å². The molecule has 0 radical (unpaired) electrons. The van der Waals surface area contributed by atoms with Gasteiger partial charge in [0.25, 0.3) is 0 Å². The Bertz CT molecular complexity index is 369. The molecule has 0 amide bonds. The van der Waals surface area contributed by atoms with Crippen LogP contribution in [0.3, 0.4) is 0 Å². The summed E-state index contributed by atoms with van der Waals surface area (Å²) >= 11 is 0. The average molecular weight is 245 g/mol. The number of hydrogen-bond donors (Lipinski definition) is 1. The minimum atomic E-state index is 0.240. The van der Waals surface area contributed by atoms with Crippen molar-refractivity contribution in [2.24, 2.45) is 5.92 Å². The highest BCUT2D eigenvalue weighted by atomic mass is 15.0. The summed E-state index contributed by atoms with van der Waals surface area (Å²) in [4.78, 5) is 0. The van der Waals surface area contributed by atoms with Gasteiger partial charge >= 0.3 is 0 Å². The van der Waals surface area contributed by atoms with E-state index in [1.54, 1.807) is 0 Å². The Morgan fingerprint density at radius 1 is 1.11 bits per heavy atom. The zero-order chi connectivity index (χ0) is 13.2. The summed E-state index contributed by atoms with van der Waals surface area (Å²) in [7, 11) is 0. The van der Waals surface area contributed by atoms with Gasteiger partial charge in [-0.05, 0) is 48.8 Å². The number of nitrogens with one attached hydrogen (secondary N) is 1. The maximum absolute atomic E-state index is 3.77. The summed E-state index contributed by atoms with van der Waals surface area (Å²) in [5, 5.41) is 3.77. The highest BCUT2D eigenvalue weighted by Gasteiger charge is 2.35. The van der Waals surface area contributed by atoms with E-state index in [0.717, 1.165) is 5.92 Å². The lowest BCUT2D eigenvalue weighted by Crippen LogP contribution is -2.38. The monoisotopic (exact) mass is 245 g/mol. The van der Waals surface area contributed by atoms with Crippen LogP contribution in [0.15, 0.2) is 24.3 Å². The van der Waals surface area contributed by atoms with Crippen molar-refractivity contribution in [3.63, 3.8) is 0 Å². The molecule has 0 aromatic heterocycles. The first-order valence-electron chi connectivity index (χ1n) is 7.39. The van der Waals surface area contributed by atoms with Crippen molar-refractivity contribution in [3.05, 3.63) is 35.4 Å². The standard InChI is InChI=1S/C17H27N/c1-13(2)12-17(10-5-11-18-17)16-8-6-15(7-9-16)14(3)4/h6-9,13-14,18H,5,10-12H2,1-4H3. The van der Waals surface area contributed by atoms with E-state index >= 15 is 0 Å². The molecule has 1 heterocycles. The van der Waals surface area contributed by atoms with E-state index in [-0.39, 0.29) is 5.54 Å². The van der Waals surface area contributed by atoms with Gasteiger partial charge < -0.3 is 5.32 Å². The Morgan fingerprint density at radius 3 is 2.22 bits per heavy atom. The van der Waals surface area contributed by atoms with Gasteiger partial charge in [0.15, 0.2) is 0 Å². The van der Waals surface area contributed by atoms with Crippen LogP contribution in [0.25, 0.3) is 0 Å². The number of rotatable bonds is 4. The maximum atomic E-state index is 3.77. The summed E-state index contributed by atoms with van der Waals surface area (Å²) in [5.74, 6) is 1.36. The highest BCUT2D eigenvalue weighted by Crippen LogP contribution is 2.37. The van der Waals surface area contributed by atoms with Crippen molar-refractivity contribution in [3.8, 4) is 0 Å². The summed E-state index contributed by atoms with van der Waals surface area (Å²) in [6.07, 6.45) is 3.83. The molecule has 0 bridgehead atoms. The molecule has 1 fully saturated rings. The number of hydrogen-bond acceptors (Lipinski definition) is 1. The molecule has 1 aliphatic heterocycles. The molecule has 2 rings (SSSR count). The molecular formula is C17H27N. The second-order valence-electron chi connectivity index (χ2n) is 6.49. The van der Waals surface area contributed by atoms with Crippen LogP contribution < -0.4 is 5.32 Å². The maximum Gasteiger partial charge on any atom is 0.0437 e. The van der Waals surface area contributed by atoms with Crippen LogP contribution in [0.2, 0.25) is 0 Å². The topological polar surface area (TPSA) is 12.0 Å². The summed E-state index contributed by atoms with van der Waals surface area (Å²) in [6.45, 7) is 10.3. The van der Waals surface area contributed by atoms with E-state index < -0.39 is 0 Å². The second-order valence-corrected chi connectivity index (χ2v) is 6.49. The third kappa shape index (κ3) is 2.77. The Balaban J connectivity index is 2.25. The van der Waals surface area contributed by atoms with E-state index in [2.05, 4.69) is 57.3 Å². The Labute approximate surface area is 112 Å². The molecule has 1 atom stereocenters.